The molecule has 1 saturated heterocycles. The van der Waals surface area contributed by atoms with Crippen LogP contribution in [0, 0.1) is 5.92 Å². The number of pyridine rings is 1. The van der Waals surface area contributed by atoms with Gasteiger partial charge in [0.1, 0.15) is 16.9 Å². The zero-order chi connectivity index (χ0) is 28.7. The van der Waals surface area contributed by atoms with Crippen molar-refractivity contribution >= 4 is 28.7 Å². The van der Waals surface area contributed by atoms with E-state index in [4.69, 9.17) is 21.3 Å². The molecule has 3 aromatic heterocycles. The van der Waals surface area contributed by atoms with Gasteiger partial charge in [0.15, 0.2) is 0 Å². The number of rotatable bonds is 7. The summed E-state index contributed by atoms with van der Waals surface area (Å²) in [5, 5.41) is 5.17. The highest BCUT2D eigenvalue weighted by molar-refractivity contribution is 6.37. The molecule has 0 radical (unpaired) electrons. The third kappa shape index (κ3) is 6.41. The van der Waals surface area contributed by atoms with Crippen LogP contribution in [0.15, 0.2) is 42.9 Å². The second kappa shape index (κ2) is 11.1. The lowest BCUT2D eigenvalue weighted by Gasteiger charge is -2.38. The average molecular weight is 576 g/mol. The summed E-state index contributed by atoms with van der Waals surface area (Å²) in [5.41, 5.74) is 5.28. The van der Waals surface area contributed by atoms with Crippen molar-refractivity contribution < 1.29 is 9.53 Å². The molecule has 9 nitrogen and oxygen atoms in total. The van der Waals surface area contributed by atoms with Crippen LogP contribution in [0.2, 0.25) is 5.02 Å². The minimum atomic E-state index is -0.484. The van der Waals surface area contributed by atoms with Crippen molar-refractivity contribution in [3.63, 3.8) is 0 Å². The molecule has 2 fully saturated rings. The molecule has 1 N–H and O–H groups in total. The van der Waals surface area contributed by atoms with E-state index in [0.717, 1.165) is 59.2 Å². The Hall–Kier alpha value is -3.43. The molecule has 0 bridgehead atoms. The van der Waals surface area contributed by atoms with Crippen molar-refractivity contribution in [3.05, 3.63) is 65.0 Å². The number of aromatic nitrogens is 5. The highest BCUT2D eigenvalue weighted by Gasteiger charge is 2.28. The van der Waals surface area contributed by atoms with Crippen LogP contribution < -0.4 is 0 Å². The van der Waals surface area contributed by atoms with Gasteiger partial charge < -0.3 is 14.6 Å². The second-order valence-corrected chi connectivity index (χ2v) is 12.7. The summed E-state index contributed by atoms with van der Waals surface area (Å²) in [6.07, 6.45) is 8.75. The predicted molar refractivity (Wildman–Crippen MR) is 160 cm³/mol. The van der Waals surface area contributed by atoms with Gasteiger partial charge in [-0.2, -0.15) is 5.10 Å². The largest absolute Gasteiger partial charge is 0.444 e. The first kappa shape index (κ1) is 27.7. The number of halogens is 1. The lowest BCUT2D eigenvalue weighted by molar-refractivity contribution is 0.0110. The average Bonchev–Trinajstić information content (AvgIpc) is 3.46. The maximum atomic E-state index is 12.4. The Morgan fingerprint density at radius 1 is 1.17 bits per heavy atom. The maximum absolute atomic E-state index is 12.4. The molecular weight excluding hydrogens is 538 g/mol. The van der Waals surface area contributed by atoms with Gasteiger partial charge in [0.25, 0.3) is 0 Å². The fourth-order valence-corrected chi connectivity index (χ4v) is 5.74. The van der Waals surface area contributed by atoms with E-state index in [0.29, 0.717) is 24.5 Å². The van der Waals surface area contributed by atoms with E-state index in [9.17, 15) is 4.79 Å². The van der Waals surface area contributed by atoms with E-state index in [2.05, 4.69) is 45.2 Å². The molecule has 0 spiro atoms. The Balaban J connectivity index is 1.12. The van der Waals surface area contributed by atoms with Gasteiger partial charge in [0.2, 0.25) is 0 Å². The third-order valence-electron chi connectivity index (χ3n) is 7.91. The highest BCUT2D eigenvalue weighted by Crippen LogP contribution is 2.35. The van der Waals surface area contributed by atoms with E-state index in [1.54, 1.807) is 4.90 Å². The van der Waals surface area contributed by atoms with Crippen LogP contribution in [0.4, 0.5) is 4.79 Å². The molecule has 1 aliphatic heterocycles. The van der Waals surface area contributed by atoms with Gasteiger partial charge in [0.05, 0.1) is 16.7 Å². The molecule has 1 saturated carbocycles. The lowest BCUT2D eigenvalue weighted by atomic mass is 10.1. The Labute approximate surface area is 245 Å². The number of hydrogen-bond acceptors (Lipinski definition) is 6. The van der Waals surface area contributed by atoms with Crippen molar-refractivity contribution in [1.29, 1.82) is 0 Å². The summed E-state index contributed by atoms with van der Waals surface area (Å²) >= 11 is 6.86. The van der Waals surface area contributed by atoms with Gasteiger partial charge in [-0.3, -0.25) is 14.6 Å². The summed E-state index contributed by atoms with van der Waals surface area (Å²) in [6, 6.07) is 8.49. The van der Waals surface area contributed by atoms with Crippen LogP contribution in [-0.4, -0.2) is 72.4 Å². The van der Waals surface area contributed by atoms with Crippen molar-refractivity contribution in [2.45, 2.75) is 65.1 Å². The van der Waals surface area contributed by atoms with Crippen molar-refractivity contribution in [3.8, 4) is 11.1 Å². The van der Waals surface area contributed by atoms with Crippen LogP contribution >= 0.6 is 11.6 Å². The summed E-state index contributed by atoms with van der Waals surface area (Å²) in [7, 11) is 0. The topological polar surface area (TPSA) is 92.2 Å². The summed E-state index contributed by atoms with van der Waals surface area (Å²) in [6.45, 7) is 11.8. The third-order valence-corrected chi connectivity index (χ3v) is 8.30. The number of nitrogens with zero attached hydrogens (tertiary/aromatic N) is 6. The zero-order valence-electron chi connectivity index (χ0n) is 24.2. The number of hydrogen-bond donors (Lipinski definition) is 1. The van der Waals surface area contributed by atoms with Gasteiger partial charge in [-0.25, -0.2) is 9.78 Å². The zero-order valence-corrected chi connectivity index (χ0v) is 25.0. The van der Waals surface area contributed by atoms with E-state index in [-0.39, 0.29) is 12.1 Å². The quantitative estimate of drug-likeness (QED) is 0.287. The van der Waals surface area contributed by atoms with Crippen molar-refractivity contribution in [2.24, 2.45) is 5.92 Å². The van der Waals surface area contributed by atoms with E-state index in [1.165, 1.54) is 18.4 Å². The number of H-pyrrole nitrogens is 1. The molecule has 1 amide bonds. The standard InChI is InChI=1S/C31H38ClN7O2/c1-20(37-11-13-38(14-12-37)30(40)41-31(2,3)4)22-9-10-33-24(15-22)16-27-35-26-8-7-25(28(32)29(26)36-27)23-17-34-39(19-23)18-21-5-6-21/h7-10,15,17,19-21H,5-6,11-14,16,18H2,1-4H3,(H,35,36). The summed E-state index contributed by atoms with van der Waals surface area (Å²) in [5.74, 6) is 1.59. The number of nitrogens with one attached hydrogen (secondary N) is 1. The number of ether oxygens (including phenoxy) is 1. The number of aromatic amines is 1. The van der Waals surface area contributed by atoms with Crippen molar-refractivity contribution in [2.75, 3.05) is 26.2 Å². The van der Waals surface area contributed by atoms with Gasteiger partial charge in [-0.05, 0) is 70.2 Å². The van der Waals surface area contributed by atoms with Gasteiger partial charge in [-0.1, -0.05) is 17.7 Å². The van der Waals surface area contributed by atoms with E-state index < -0.39 is 5.60 Å². The molecule has 4 heterocycles. The minimum Gasteiger partial charge on any atom is -0.444 e. The van der Waals surface area contributed by atoms with Gasteiger partial charge in [0, 0.05) is 74.4 Å². The smallest absolute Gasteiger partial charge is 0.410 e. The first-order valence-corrected chi connectivity index (χ1v) is 14.9. The van der Waals surface area contributed by atoms with Gasteiger partial charge in [-0.15, -0.1) is 0 Å². The van der Waals surface area contributed by atoms with Crippen LogP contribution in [0.1, 0.15) is 63.7 Å². The summed E-state index contributed by atoms with van der Waals surface area (Å²) < 4.78 is 7.56. The number of amides is 1. The molecule has 1 atom stereocenters. The molecule has 10 heteroatoms. The maximum Gasteiger partial charge on any atom is 0.410 e. The van der Waals surface area contributed by atoms with Crippen LogP contribution in [-0.2, 0) is 17.7 Å². The fourth-order valence-electron chi connectivity index (χ4n) is 5.42. The molecule has 1 aliphatic carbocycles. The predicted octanol–water partition coefficient (Wildman–Crippen LogP) is 6.09. The first-order valence-electron chi connectivity index (χ1n) is 14.5. The Bertz CT molecular complexity index is 1540. The molecule has 6 rings (SSSR count). The molecule has 216 valence electrons. The number of imidazole rings is 1. The van der Waals surface area contributed by atoms with Crippen LogP contribution in [0.5, 0.6) is 0 Å². The lowest BCUT2D eigenvalue weighted by Crippen LogP contribution is -2.50. The second-order valence-electron chi connectivity index (χ2n) is 12.3. The normalized spacial score (nSPS) is 17.2. The molecule has 41 heavy (non-hydrogen) atoms. The molecule has 2 aliphatic rings. The Morgan fingerprint density at radius 3 is 2.68 bits per heavy atom. The van der Waals surface area contributed by atoms with Crippen LogP contribution in [0.3, 0.4) is 0 Å². The SMILES string of the molecule is CC(c1ccnc(Cc2nc3c(Cl)c(-c4cnn(CC5CC5)c4)ccc3[nH]2)c1)N1CCN(C(=O)OC(C)(C)C)CC1. The monoisotopic (exact) mass is 575 g/mol. The molecule has 4 aromatic rings. The summed E-state index contributed by atoms with van der Waals surface area (Å²) in [4.78, 5) is 29.6. The van der Waals surface area contributed by atoms with Crippen molar-refractivity contribution in [1.82, 2.24) is 34.5 Å². The first-order chi connectivity index (χ1) is 19.6. The van der Waals surface area contributed by atoms with E-state index >= 15 is 0 Å². The molecule has 1 unspecified atom stereocenters. The Morgan fingerprint density at radius 2 is 1.95 bits per heavy atom. The fraction of sp³-hybridized carbons (Fsp3) is 0.484. The molecule has 1 aromatic carbocycles. The number of benzene rings is 1. The Kier molecular flexibility index (Phi) is 7.50. The minimum absolute atomic E-state index is 0.200. The highest BCUT2D eigenvalue weighted by atomic mass is 35.5. The number of carbonyl (C=O) groups excluding carboxylic acids is 1. The number of fused-ring (bicyclic) bond motifs is 1. The number of carbonyl (C=O) groups is 1. The number of piperazine rings is 1. The van der Waals surface area contributed by atoms with E-state index in [1.807, 2.05) is 50.0 Å². The van der Waals surface area contributed by atoms with Crippen LogP contribution in [0.25, 0.3) is 22.2 Å². The molecular formula is C31H38ClN7O2. The van der Waals surface area contributed by atoms with Gasteiger partial charge >= 0.3 is 6.09 Å².